The maximum absolute atomic E-state index is 10.4. The zero-order valence-electron chi connectivity index (χ0n) is 13.4. The predicted octanol–water partition coefficient (Wildman–Crippen LogP) is 3.23. The highest BCUT2D eigenvalue weighted by Gasteiger charge is 2.34. The van der Waals surface area contributed by atoms with Crippen molar-refractivity contribution in [1.82, 2.24) is 5.32 Å². The SMILES string of the molecule is OC(O)(CC1CCCN1)OC(c1ccccc1)c1ccc(Cl)cc1. The van der Waals surface area contributed by atoms with E-state index in [-0.39, 0.29) is 12.5 Å². The molecule has 0 aliphatic carbocycles. The van der Waals surface area contributed by atoms with Crippen LogP contribution in [-0.4, -0.2) is 28.8 Å². The molecule has 1 aliphatic rings. The minimum Gasteiger partial charge on any atom is -0.343 e. The Labute approximate surface area is 147 Å². The number of ether oxygens (including phenoxy) is 1. The molecule has 1 fully saturated rings. The lowest BCUT2D eigenvalue weighted by atomic mass is 10.0. The van der Waals surface area contributed by atoms with Gasteiger partial charge in [0.25, 0.3) is 5.97 Å². The smallest absolute Gasteiger partial charge is 0.280 e. The van der Waals surface area contributed by atoms with E-state index in [1.165, 1.54) is 0 Å². The lowest BCUT2D eigenvalue weighted by molar-refractivity contribution is -0.355. The van der Waals surface area contributed by atoms with E-state index < -0.39 is 12.1 Å². The van der Waals surface area contributed by atoms with Crippen LogP contribution in [0.5, 0.6) is 0 Å². The van der Waals surface area contributed by atoms with Crippen molar-refractivity contribution in [2.24, 2.45) is 0 Å². The van der Waals surface area contributed by atoms with Crippen LogP contribution in [-0.2, 0) is 4.74 Å². The average molecular weight is 348 g/mol. The Kier molecular flexibility index (Phi) is 5.54. The van der Waals surface area contributed by atoms with Crippen LogP contribution in [0, 0.1) is 0 Å². The number of hydrogen-bond acceptors (Lipinski definition) is 4. The quantitative estimate of drug-likeness (QED) is 0.702. The molecule has 0 amide bonds. The van der Waals surface area contributed by atoms with Gasteiger partial charge >= 0.3 is 0 Å². The molecular weight excluding hydrogens is 326 g/mol. The Bertz CT molecular complexity index is 639. The van der Waals surface area contributed by atoms with Crippen LogP contribution in [0.25, 0.3) is 0 Å². The summed E-state index contributed by atoms with van der Waals surface area (Å²) in [4.78, 5) is 0. The van der Waals surface area contributed by atoms with Gasteiger partial charge in [0.2, 0.25) is 0 Å². The Morgan fingerprint density at radius 1 is 1.08 bits per heavy atom. The summed E-state index contributed by atoms with van der Waals surface area (Å²) in [7, 11) is 0. The molecule has 2 atom stereocenters. The minimum atomic E-state index is -2.21. The summed E-state index contributed by atoms with van der Waals surface area (Å²) in [5, 5.41) is 24.7. The van der Waals surface area contributed by atoms with Gasteiger partial charge in [0.1, 0.15) is 6.10 Å². The first kappa shape index (κ1) is 17.4. The molecular formula is C19H22ClNO3. The van der Waals surface area contributed by atoms with Gasteiger partial charge in [0.05, 0.1) is 0 Å². The number of hydrogen-bond donors (Lipinski definition) is 3. The summed E-state index contributed by atoms with van der Waals surface area (Å²) in [5.74, 6) is -2.21. The lowest BCUT2D eigenvalue weighted by Crippen LogP contribution is -2.40. The number of aliphatic hydroxyl groups is 2. The highest BCUT2D eigenvalue weighted by atomic mass is 35.5. The predicted molar refractivity (Wildman–Crippen MR) is 93.6 cm³/mol. The lowest BCUT2D eigenvalue weighted by Gasteiger charge is -2.30. The van der Waals surface area contributed by atoms with Crippen molar-refractivity contribution < 1.29 is 14.9 Å². The second-order valence-electron chi connectivity index (χ2n) is 6.20. The van der Waals surface area contributed by atoms with Crippen LogP contribution in [0.4, 0.5) is 0 Å². The van der Waals surface area contributed by atoms with Crippen molar-refractivity contribution in [3.63, 3.8) is 0 Å². The van der Waals surface area contributed by atoms with Crippen LogP contribution in [0.3, 0.4) is 0 Å². The molecule has 4 nitrogen and oxygen atoms in total. The van der Waals surface area contributed by atoms with E-state index in [2.05, 4.69) is 5.32 Å². The van der Waals surface area contributed by atoms with Gasteiger partial charge in [-0.25, -0.2) is 0 Å². The van der Waals surface area contributed by atoms with Gasteiger partial charge in [-0.05, 0) is 42.6 Å². The molecule has 0 saturated carbocycles. The summed E-state index contributed by atoms with van der Waals surface area (Å²) in [6.07, 6.45) is 1.51. The fraction of sp³-hybridized carbons (Fsp3) is 0.368. The molecule has 24 heavy (non-hydrogen) atoms. The number of nitrogens with one attached hydrogen (secondary N) is 1. The molecule has 2 unspecified atom stereocenters. The second kappa shape index (κ2) is 7.64. The minimum absolute atomic E-state index is 0.0571. The molecule has 0 spiro atoms. The first-order valence-corrected chi connectivity index (χ1v) is 8.58. The van der Waals surface area contributed by atoms with Gasteiger partial charge in [0, 0.05) is 17.5 Å². The van der Waals surface area contributed by atoms with E-state index in [1.807, 2.05) is 42.5 Å². The number of rotatable bonds is 6. The van der Waals surface area contributed by atoms with Gasteiger partial charge in [-0.3, -0.25) is 0 Å². The maximum atomic E-state index is 10.4. The average Bonchev–Trinajstić information content (AvgIpc) is 3.07. The molecule has 1 heterocycles. The van der Waals surface area contributed by atoms with E-state index in [0.717, 1.165) is 30.5 Å². The molecule has 0 radical (unpaired) electrons. The van der Waals surface area contributed by atoms with E-state index >= 15 is 0 Å². The third-order valence-electron chi connectivity index (χ3n) is 4.26. The first-order valence-electron chi connectivity index (χ1n) is 8.20. The van der Waals surface area contributed by atoms with Gasteiger partial charge in [-0.1, -0.05) is 54.1 Å². The molecule has 2 aromatic carbocycles. The van der Waals surface area contributed by atoms with Gasteiger partial charge in [0.15, 0.2) is 0 Å². The van der Waals surface area contributed by atoms with Crippen LogP contribution in [0.1, 0.15) is 36.5 Å². The van der Waals surface area contributed by atoms with Crippen LogP contribution < -0.4 is 5.32 Å². The molecule has 1 aliphatic heterocycles. The van der Waals surface area contributed by atoms with Gasteiger partial charge in [-0.15, -0.1) is 0 Å². The molecule has 128 valence electrons. The highest BCUT2D eigenvalue weighted by Crippen LogP contribution is 2.32. The Balaban J connectivity index is 1.82. The molecule has 0 bridgehead atoms. The third-order valence-corrected chi connectivity index (χ3v) is 4.51. The molecule has 5 heteroatoms. The Hall–Kier alpha value is -1.43. The summed E-state index contributed by atoms with van der Waals surface area (Å²) in [5.41, 5.74) is 1.67. The molecule has 2 aromatic rings. The van der Waals surface area contributed by atoms with E-state index in [4.69, 9.17) is 16.3 Å². The molecule has 3 rings (SSSR count). The zero-order chi connectivity index (χ0) is 17.0. The zero-order valence-corrected chi connectivity index (χ0v) is 14.1. The molecule has 0 aromatic heterocycles. The normalized spacial score (nSPS) is 19.4. The standard InChI is InChI=1S/C19H22ClNO3/c20-16-10-8-15(9-11-16)18(14-5-2-1-3-6-14)24-19(22,23)13-17-7-4-12-21-17/h1-3,5-6,8-11,17-18,21-23H,4,7,12-13H2. The summed E-state index contributed by atoms with van der Waals surface area (Å²) < 4.78 is 5.74. The number of benzene rings is 2. The van der Waals surface area contributed by atoms with Crippen molar-refractivity contribution in [1.29, 1.82) is 0 Å². The van der Waals surface area contributed by atoms with Crippen molar-refractivity contribution in [3.05, 3.63) is 70.7 Å². The van der Waals surface area contributed by atoms with Crippen molar-refractivity contribution in [3.8, 4) is 0 Å². The van der Waals surface area contributed by atoms with Crippen LogP contribution in [0.2, 0.25) is 5.02 Å². The first-order chi connectivity index (χ1) is 11.5. The van der Waals surface area contributed by atoms with Gasteiger partial charge < -0.3 is 20.3 Å². The van der Waals surface area contributed by atoms with Gasteiger partial charge in [-0.2, -0.15) is 0 Å². The van der Waals surface area contributed by atoms with E-state index in [0.29, 0.717) is 5.02 Å². The Morgan fingerprint density at radius 3 is 2.38 bits per heavy atom. The van der Waals surface area contributed by atoms with E-state index in [9.17, 15) is 10.2 Å². The van der Waals surface area contributed by atoms with Crippen LogP contribution >= 0.6 is 11.6 Å². The number of halogens is 1. The monoisotopic (exact) mass is 347 g/mol. The van der Waals surface area contributed by atoms with Crippen LogP contribution in [0.15, 0.2) is 54.6 Å². The highest BCUT2D eigenvalue weighted by molar-refractivity contribution is 6.30. The topological polar surface area (TPSA) is 61.7 Å². The Morgan fingerprint density at radius 2 is 1.75 bits per heavy atom. The fourth-order valence-electron chi connectivity index (χ4n) is 3.08. The van der Waals surface area contributed by atoms with Crippen molar-refractivity contribution in [2.45, 2.75) is 37.4 Å². The maximum Gasteiger partial charge on any atom is 0.280 e. The molecule has 1 saturated heterocycles. The largest absolute Gasteiger partial charge is 0.343 e. The fourth-order valence-corrected chi connectivity index (χ4v) is 3.21. The van der Waals surface area contributed by atoms with Crippen molar-refractivity contribution >= 4 is 11.6 Å². The summed E-state index contributed by atoms with van der Waals surface area (Å²) in [6.45, 7) is 0.903. The third kappa shape index (κ3) is 4.56. The summed E-state index contributed by atoms with van der Waals surface area (Å²) in [6, 6.07) is 16.8. The van der Waals surface area contributed by atoms with E-state index in [1.54, 1.807) is 12.1 Å². The second-order valence-corrected chi connectivity index (χ2v) is 6.64. The molecule has 3 N–H and O–H groups in total. The van der Waals surface area contributed by atoms with Crippen molar-refractivity contribution in [2.75, 3.05) is 6.54 Å². The summed E-state index contributed by atoms with van der Waals surface area (Å²) >= 11 is 5.96.